The summed E-state index contributed by atoms with van der Waals surface area (Å²) in [6, 6.07) is 6.99. The number of carbonyl (C=O) groups excluding carboxylic acids is 3. The molecule has 3 saturated heterocycles. The molecule has 13 atom stereocenters. The molecule has 4 aliphatic heterocycles. The van der Waals surface area contributed by atoms with E-state index >= 15 is 0 Å². The van der Waals surface area contributed by atoms with Crippen molar-refractivity contribution in [2.75, 3.05) is 40.9 Å². The molecule has 1 aromatic heterocycles. The van der Waals surface area contributed by atoms with Crippen LogP contribution < -0.4 is 4.74 Å². The van der Waals surface area contributed by atoms with Gasteiger partial charge in [0.2, 0.25) is 0 Å². The minimum atomic E-state index is -1.22. The van der Waals surface area contributed by atoms with Crippen LogP contribution in [0.2, 0.25) is 0 Å². The predicted octanol–water partition coefficient (Wildman–Crippen LogP) is 6.11. The maximum atomic E-state index is 14.7. The smallest absolute Gasteiger partial charge is 0.410 e. The van der Waals surface area contributed by atoms with Gasteiger partial charge in [-0.05, 0) is 96.8 Å². The lowest BCUT2D eigenvalue weighted by Crippen LogP contribution is -2.60. The lowest BCUT2D eigenvalue weighted by Gasteiger charge is -2.47. The largest absolute Gasteiger partial charge is 0.497 e. The fourth-order valence-electron chi connectivity index (χ4n) is 10.1. The number of pyridine rings is 1. The molecule has 5 heterocycles. The number of likely N-dealkylation sites (N-methyl/N-ethyl adjacent to an activating group) is 1. The Bertz CT molecular complexity index is 1940. The first kappa shape index (κ1) is 45.6. The van der Waals surface area contributed by atoms with E-state index in [1.807, 2.05) is 83.1 Å². The van der Waals surface area contributed by atoms with Crippen molar-refractivity contribution in [1.82, 2.24) is 14.8 Å². The number of hydrogen-bond acceptors (Lipinski definition) is 13. The van der Waals surface area contributed by atoms with E-state index in [9.17, 15) is 19.5 Å². The average Bonchev–Trinajstić information content (AvgIpc) is 3.34. The molecular formula is C46H66N4O10. The summed E-state index contributed by atoms with van der Waals surface area (Å²) in [5.41, 5.74) is 0.157. The van der Waals surface area contributed by atoms with Gasteiger partial charge in [-0.1, -0.05) is 46.3 Å². The maximum Gasteiger partial charge on any atom is 0.410 e. The molecule has 0 saturated carbocycles. The van der Waals surface area contributed by atoms with E-state index < -0.39 is 71.5 Å². The lowest BCUT2D eigenvalue weighted by atomic mass is 9.73. The van der Waals surface area contributed by atoms with Gasteiger partial charge in [0.25, 0.3) is 0 Å². The maximum absolute atomic E-state index is 14.7. The molecule has 2 aromatic rings. The predicted molar refractivity (Wildman–Crippen MR) is 228 cm³/mol. The molecule has 0 aliphatic carbocycles. The molecule has 0 spiro atoms. The number of aromatic nitrogens is 1. The first-order valence-electron chi connectivity index (χ1n) is 21.6. The number of rotatable bonds is 10. The van der Waals surface area contributed by atoms with Gasteiger partial charge in [0.1, 0.15) is 23.9 Å². The SMILES string of the molecule is CCC[C@H]1OC(=O)[C@H](C)C(=O)[C@H](C)[C@@H](O[C@H]2O[C@@H](C)C[C@@H](N(C)C)C2O)[C@@](C)(OC/C=C/c2cnc3ccc(OC)cc3c2)C[C@@H](C)C2=NCCN3C(=O)O[C@@]1(C)[C@H]3[C@H]2C. The zero-order chi connectivity index (χ0) is 43.7. The molecule has 14 nitrogen and oxygen atoms in total. The van der Waals surface area contributed by atoms with Crippen LogP contribution in [-0.4, -0.2) is 138 Å². The van der Waals surface area contributed by atoms with Crippen LogP contribution in [0.15, 0.2) is 41.5 Å². The summed E-state index contributed by atoms with van der Waals surface area (Å²) in [4.78, 5) is 55.8. The summed E-state index contributed by atoms with van der Waals surface area (Å²) >= 11 is 0. The number of fused-ring (bicyclic) bond motifs is 2. The summed E-state index contributed by atoms with van der Waals surface area (Å²) in [5.74, 6) is -3.03. The first-order chi connectivity index (χ1) is 28.4. The Labute approximate surface area is 354 Å². The fraction of sp³-hybridized carbons (Fsp3) is 0.674. The van der Waals surface area contributed by atoms with E-state index in [0.717, 1.165) is 27.9 Å². The Kier molecular flexibility index (Phi) is 14.1. The third-order valence-electron chi connectivity index (χ3n) is 13.3. The highest BCUT2D eigenvalue weighted by Crippen LogP contribution is 2.44. The molecular weight excluding hydrogens is 769 g/mol. The molecule has 1 N–H and O–H groups in total. The van der Waals surface area contributed by atoms with Crippen LogP contribution >= 0.6 is 0 Å². The molecule has 2 bridgehead atoms. The van der Waals surface area contributed by atoms with Crippen LogP contribution in [0, 0.1) is 23.7 Å². The molecule has 1 unspecified atom stereocenters. The molecule has 3 fully saturated rings. The van der Waals surface area contributed by atoms with Crippen LogP contribution in [-0.2, 0) is 33.3 Å². The fourth-order valence-corrected chi connectivity index (χ4v) is 10.1. The van der Waals surface area contributed by atoms with E-state index in [-0.39, 0.29) is 30.6 Å². The second kappa shape index (κ2) is 18.6. The van der Waals surface area contributed by atoms with Crippen molar-refractivity contribution in [3.05, 3.63) is 42.1 Å². The number of cyclic esters (lactones) is 1. The zero-order valence-corrected chi connectivity index (χ0v) is 37.3. The second-order valence-electron chi connectivity index (χ2n) is 18.0. The molecule has 0 radical (unpaired) electrons. The summed E-state index contributed by atoms with van der Waals surface area (Å²) in [7, 11) is 5.44. The number of nitrogens with zero attached hydrogens (tertiary/aromatic N) is 4. The molecule has 4 aliphatic rings. The van der Waals surface area contributed by atoms with Crippen molar-refractivity contribution in [1.29, 1.82) is 0 Å². The zero-order valence-electron chi connectivity index (χ0n) is 37.3. The van der Waals surface area contributed by atoms with Crippen LogP contribution in [0.3, 0.4) is 0 Å². The number of ether oxygens (including phenoxy) is 6. The highest BCUT2D eigenvalue weighted by atomic mass is 16.7. The summed E-state index contributed by atoms with van der Waals surface area (Å²) in [5, 5.41) is 12.7. The van der Waals surface area contributed by atoms with Crippen LogP contribution in [0.1, 0.15) is 86.6 Å². The topological polar surface area (TPSA) is 159 Å². The van der Waals surface area contributed by atoms with Crippen LogP contribution in [0.5, 0.6) is 5.75 Å². The molecule has 6 rings (SSSR count). The van der Waals surface area contributed by atoms with Gasteiger partial charge >= 0.3 is 12.1 Å². The van der Waals surface area contributed by atoms with Gasteiger partial charge in [-0.25, -0.2) is 4.79 Å². The number of hydrogen-bond donors (Lipinski definition) is 1. The number of Topliss-reactive ketones (excluding diaryl/α,β-unsaturated/α-hetero) is 1. The summed E-state index contributed by atoms with van der Waals surface area (Å²) in [6.07, 6.45) is 2.96. The number of ketones is 1. The number of methoxy groups -OCH3 is 1. The second-order valence-corrected chi connectivity index (χ2v) is 18.0. The van der Waals surface area contributed by atoms with Crippen molar-refractivity contribution in [2.45, 2.75) is 135 Å². The van der Waals surface area contributed by atoms with E-state index in [2.05, 4.69) is 18.8 Å². The highest BCUT2D eigenvalue weighted by molar-refractivity contribution is 6.00. The van der Waals surface area contributed by atoms with Gasteiger partial charge in [0, 0.05) is 41.7 Å². The van der Waals surface area contributed by atoms with E-state index in [0.29, 0.717) is 38.8 Å². The van der Waals surface area contributed by atoms with Crippen molar-refractivity contribution in [3.8, 4) is 5.75 Å². The molecule has 1 aromatic carbocycles. The van der Waals surface area contributed by atoms with Crippen molar-refractivity contribution >= 4 is 40.5 Å². The van der Waals surface area contributed by atoms with Crippen molar-refractivity contribution in [2.24, 2.45) is 28.7 Å². The number of esters is 1. The molecule has 330 valence electrons. The van der Waals surface area contributed by atoms with Crippen LogP contribution in [0.25, 0.3) is 17.0 Å². The number of benzene rings is 1. The van der Waals surface area contributed by atoms with E-state index in [1.165, 1.54) is 0 Å². The molecule has 14 heteroatoms. The Morgan fingerprint density at radius 2 is 1.82 bits per heavy atom. The average molecular weight is 835 g/mol. The minimum absolute atomic E-state index is 0.125. The molecule has 1 amide bonds. The summed E-state index contributed by atoms with van der Waals surface area (Å²) < 4.78 is 38.0. The number of aliphatic hydroxyl groups is 1. The van der Waals surface area contributed by atoms with Crippen molar-refractivity contribution < 1.29 is 47.9 Å². The van der Waals surface area contributed by atoms with Gasteiger partial charge in [-0.3, -0.25) is 24.5 Å². The van der Waals surface area contributed by atoms with E-state index in [4.69, 9.17) is 33.4 Å². The third-order valence-corrected chi connectivity index (χ3v) is 13.3. The number of aliphatic hydroxyl groups excluding tert-OH is 1. The van der Waals surface area contributed by atoms with Crippen molar-refractivity contribution in [3.63, 3.8) is 0 Å². The minimum Gasteiger partial charge on any atom is -0.497 e. The monoisotopic (exact) mass is 834 g/mol. The van der Waals surface area contributed by atoms with Crippen LogP contribution in [0.4, 0.5) is 4.79 Å². The van der Waals surface area contributed by atoms with E-state index in [1.54, 1.807) is 32.1 Å². The molecule has 60 heavy (non-hydrogen) atoms. The number of aliphatic imine (C=N–C) groups is 1. The highest BCUT2D eigenvalue weighted by Gasteiger charge is 2.60. The Morgan fingerprint density at radius 3 is 2.52 bits per heavy atom. The lowest BCUT2D eigenvalue weighted by molar-refractivity contribution is -0.296. The van der Waals surface area contributed by atoms with Gasteiger partial charge in [0.05, 0.1) is 49.6 Å². The number of carbonyl (C=O) groups is 3. The van der Waals surface area contributed by atoms with Gasteiger partial charge < -0.3 is 38.4 Å². The Hall–Kier alpha value is -3.95. The Morgan fingerprint density at radius 1 is 1.07 bits per heavy atom. The summed E-state index contributed by atoms with van der Waals surface area (Å²) in [6.45, 7) is 16.0. The quantitative estimate of drug-likeness (QED) is 0.217. The van der Waals surface area contributed by atoms with Gasteiger partial charge in [-0.15, -0.1) is 0 Å². The standard InChI is InChI=1S/C46H66N4O10/c1-12-14-36-46(8)40-28(4)37(47-18-19-50(40)44(54)60-46)26(2)24-45(7,56-20-13-15-31-22-32-23-33(55-11)16-17-34(32)48-25-31)41(29(5)38(51)30(6)42(53)58-36)59-43-39(52)35(49(9)10)21-27(3)57-43/h13,15-17,22-23,25-30,35-36,39-41,43,52H,12,14,18-21,24H2,1-11H3/b15-13+/t26-,27+,28+,29+,30-,35-,36-,39?,40-,41-,43-,45+,46-/m1/s1. The normalized spacial score (nSPS) is 36.8. The third kappa shape index (κ3) is 9.13. The number of amides is 1. The van der Waals surface area contributed by atoms with Gasteiger partial charge in [0.15, 0.2) is 17.7 Å². The van der Waals surface area contributed by atoms with Gasteiger partial charge in [-0.2, -0.15) is 0 Å². The Balaban J connectivity index is 1.42. The first-order valence-corrected chi connectivity index (χ1v) is 21.6.